The molecule has 4 rings (SSSR count). The number of benzene rings is 3. The van der Waals surface area contributed by atoms with E-state index in [9.17, 15) is 14.0 Å². The number of aromatic nitrogens is 2. The highest BCUT2D eigenvalue weighted by molar-refractivity contribution is 5.99. The lowest BCUT2D eigenvalue weighted by molar-refractivity contribution is -0.116. The van der Waals surface area contributed by atoms with Gasteiger partial charge in [-0.25, -0.2) is 9.37 Å². The summed E-state index contributed by atoms with van der Waals surface area (Å²) in [7, 11) is 1.61. The Morgan fingerprint density at radius 1 is 1.00 bits per heavy atom. The Hall–Kier alpha value is -4.46. The number of aryl methyl sites for hydroxylation is 1. The van der Waals surface area contributed by atoms with Crippen LogP contribution in [0.15, 0.2) is 79.0 Å². The van der Waals surface area contributed by atoms with Crippen LogP contribution in [0.2, 0.25) is 0 Å². The van der Waals surface area contributed by atoms with E-state index in [0.717, 1.165) is 22.6 Å². The van der Waals surface area contributed by atoms with E-state index in [4.69, 9.17) is 4.74 Å². The van der Waals surface area contributed by atoms with Crippen molar-refractivity contribution in [1.82, 2.24) is 14.5 Å². The number of halogens is 1. The molecule has 8 heteroatoms. The molecule has 0 radical (unpaired) electrons. The Bertz CT molecular complexity index is 1350. The van der Waals surface area contributed by atoms with Gasteiger partial charge in [0.25, 0.3) is 5.91 Å². The van der Waals surface area contributed by atoms with Crippen LogP contribution < -0.4 is 10.1 Å². The molecule has 0 aliphatic heterocycles. The molecule has 1 N–H and O–H groups in total. The molecule has 2 amide bonds. The van der Waals surface area contributed by atoms with Crippen molar-refractivity contribution in [3.8, 4) is 22.7 Å². The molecule has 0 fully saturated rings. The Labute approximate surface area is 209 Å². The lowest BCUT2D eigenvalue weighted by Gasteiger charge is -2.20. The second kappa shape index (κ2) is 10.9. The first-order valence-electron chi connectivity index (χ1n) is 11.5. The summed E-state index contributed by atoms with van der Waals surface area (Å²) in [6, 6.07) is 20.6. The number of ether oxygens (including phenoxy) is 1. The first kappa shape index (κ1) is 24.7. The van der Waals surface area contributed by atoms with E-state index in [2.05, 4.69) is 10.3 Å². The third kappa shape index (κ3) is 5.60. The summed E-state index contributed by atoms with van der Waals surface area (Å²) in [5.41, 5.74) is 3.78. The first-order chi connectivity index (χ1) is 17.4. The zero-order valence-electron chi connectivity index (χ0n) is 20.4. The van der Waals surface area contributed by atoms with Crippen molar-refractivity contribution < 1.29 is 18.7 Å². The van der Waals surface area contributed by atoms with Crippen molar-refractivity contribution in [2.45, 2.75) is 13.8 Å². The number of likely N-dealkylation sites (N-methyl/N-ethyl adjacent to an activating group) is 1. The molecule has 0 saturated heterocycles. The average molecular weight is 487 g/mol. The quantitative estimate of drug-likeness (QED) is 0.376. The SMILES string of the molecule is CCN(CC(=O)Nc1nc(-c2ccc(OC)cc2)cn1-c1ccc(C)cc1)C(=O)c1ccc(F)cc1. The summed E-state index contributed by atoms with van der Waals surface area (Å²) in [5, 5.41) is 2.85. The molecule has 0 saturated carbocycles. The van der Waals surface area contributed by atoms with E-state index in [1.165, 1.54) is 29.2 Å². The van der Waals surface area contributed by atoms with Gasteiger partial charge in [0.05, 0.1) is 12.8 Å². The van der Waals surface area contributed by atoms with Crippen LogP contribution in [-0.4, -0.2) is 46.5 Å². The molecule has 184 valence electrons. The normalized spacial score (nSPS) is 10.7. The van der Waals surface area contributed by atoms with E-state index < -0.39 is 11.7 Å². The van der Waals surface area contributed by atoms with Gasteiger partial charge in [0.2, 0.25) is 11.9 Å². The Morgan fingerprint density at radius 3 is 2.28 bits per heavy atom. The highest BCUT2D eigenvalue weighted by Crippen LogP contribution is 2.26. The van der Waals surface area contributed by atoms with Gasteiger partial charge in [-0.1, -0.05) is 17.7 Å². The fourth-order valence-electron chi connectivity index (χ4n) is 3.71. The summed E-state index contributed by atoms with van der Waals surface area (Å²) in [6.45, 7) is 3.92. The number of nitrogens with zero attached hydrogens (tertiary/aromatic N) is 3. The van der Waals surface area contributed by atoms with Crippen molar-refractivity contribution >= 4 is 17.8 Å². The molecule has 1 heterocycles. The van der Waals surface area contributed by atoms with Gasteiger partial charge in [-0.05, 0) is 74.5 Å². The van der Waals surface area contributed by atoms with Crippen LogP contribution in [0.25, 0.3) is 16.9 Å². The highest BCUT2D eigenvalue weighted by atomic mass is 19.1. The minimum atomic E-state index is -0.428. The molecule has 1 aromatic heterocycles. The standard InChI is InChI=1S/C28H27FN4O3/c1-4-32(27(35)21-7-11-22(29)12-8-21)18-26(34)31-28-30-25(20-9-15-24(36-3)16-10-20)17-33(28)23-13-5-19(2)6-14-23/h5-17H,4,18H2,1-3H3,(H,30,31,34). The number of nitrogens with one attached hydrogen (secondary N) is 1. The van der Waals surface area contributed by atoms with Crippen molar-refractivity contribution in [3.63, 3.8) is 0 Å². The van der Waals surface area contributed by atoms with Crippen LogP contribution in [0.3, 0.4) is 0 Å². The van der Waals surface area contributed by atoms with Gasteiger partial charge in [0, 0.05) is 29.6 Å². The van der Waals surface area contributed by atoms with Gasteiger partial charge in [0.15, 0.2) is 0 Å². The molecule has 0 aliphatic rings. The molecular weight excluding hydrogens is 459 g/mol. The molecule has 0 atom stereocenters. The number of hydrogen-bond donors (Lipinski definition) is 1. The van der Waals surface area contributed by atoms with Gasteiger partial charge < -0.3 is 9.64 Å². The summed E-state index contributed by atoms with van der Waals surface area (Å²) in [4.78, 5) is 31.9. The molecular formula is C28H27FN4O3. The van der Waals surface area contributed by atoms with Crippen molar-refractivity contribution in [2.75, 3.05) is 25.5 Å². The number of imidazole rings is 1. The van der Waals surface area contributed by atoms with Gasteiger partial charge in [-0.15, -0.1) is 0 Å². The van der Waals surface area contributed by atoms with Crippen LogP contribution >= 0.6 is 0 Å². The number of rotatable bonds is 8. The van der Waals surface area contributed by atoms with E-state index >= 15 is 0 Å². The second-order valence-corrected chi connectivity index (χ2v) is 8.26. The number of amides is 2. The molecule has 0 bridgehead atoms. The molecule has 0 unspecified atom stereocenters. The third-order valence-electron chi connectivity index (χ3n) is 5.75. The number of hydrogen-bond acceptors (Lipinski definition) is 4. The van der Waals surface area contributed by atoms with Crippen molar-refractivity contribution in [1.29, 1.82) is 0 Å². The Kier molecular flexibility index (Phi) is 7.44. The lowest BCUT2D eigenvalue weighted by atomic mass is 10.1. The third-order valence-corrected chi connectivity index (χ3v) is 5.75. The maximum absolute atomic E-state index is 13.2. The fraction of sp³-hybridized carbons (Fsp3) is 0.179. The molecule has 4 aromatic rings. The van der Waals surface area contributed by atoms with Gasteiger partial charge in [-0.3, -0.25) is 19.5 Å². The van der Waals surface area contributed by atoms with Crippen LogP contribution in [0, 0.1) is 12.7 Å². The van der Waals surface area contributed by atoms with Crippen molar-refractivity contribution in [3.05, 3.63) is 95.9 Å². The predicted octanol–water partition coefficient (Wildman–Crippen LogP) is 5.10. The molecule has 7 nitrogen and oxygen atoms in total. The largest absolute Gasteiger partial charge is 0.497 e. The Balaban J connectivity index is 1.59. The smallest absolute Gasteiger partial charge is 0.254 e. The maximum atomic E-state index is 13.2. The van der Waals surface area contributed by atoms with Gasteiger partial charge >= 0.3 is 0 Å². The minimum Gasteiger partial charge on any atom is -0.497 e. The van der Waals surface area contributed by atoms with Gasteiger partial charge in [0.1, 0.15) is 18.1 Å². The molecule has 3 aromatic carbocycles. The average Bonchev–Trinajstić information content (AvgIpc) is 3.31. The highest BCUT2D eigenvalue weighted by Gasteiger charge is 2.20. The minimum absolute atomic E-state index is 0.175. The van der Waals surface area contributed by atoms with Crippen LogP contribution in [0.5, 0.6) is 5.75 Å². The fourth-order valence-corrected chi connectivity index (χ4v) is 3.71. The summed E-state index contributed by atoms with van der Waals surface area (Å²) in [6.07, 6.45) is 1.85. The molecule has 0 spiro atoms. The van der Waals surface area contributed by atoms with Gasteiger partial charge in [-0.2, -0.15) is 0 Å². The number of methoxy groups -OCH3 is 1. The molecule has 36 heavy (non-hydrogen) atoms. The second-order valence-electron chi connectivity index (χ2n) is 8.26. The summed E-state index contributed by atoms with van der Waals surface area (Å²) in [5.74, 6) is -0.111. The number of carbonyl (C=O) groups is 2. The van der Waals surface area contributed by atoms with Crippen LogP contribution in [-0.2, 0) is 4.79 Å². The first-order valence-corrected chi connectivity index (χ1v) is 11.5. The van der Waals surface area contributed by atoms with E-state index in [-0.39, 0.29) is 12.5 Å². The van der Waals surface area contributed by atoms with Crippen LogP contribution in [0.1, 0.15) is 22.8 Å². The zero-order valence-corrected chi connectivity index (χ0v) is 20.4. The maximum Gasteiger partial charge on any atom is 0.254 e. The summed E-state index contributed by atoms with van der Waals surface area (Å²) < 4.78 is 20.3. The topological polar surface area (TPSA) is 76.5 Å². The molecule has 0 aliphatic carbocycles. The Morgan fingerprint density at radius 2 is 1.67 bits per heavy atom. The number of anilines is 1. The van der Waals surface area contributed by atoms with E-state index in [0.29, 0.717) is 23.8 Å². The summed E-state index contributed by atoms with van der Waals surface area (Å²) >= 11 is 0. The number of carbonyl (C=O) groups excluding carboxylic acids is 2. The monoisotopic (exact) mass is 486 g/mol. The predicted molar refractivity (Wildman–Crippen MR) is 137 cm³/mol. The van der Waals surface area contributed by atoms with E-state index in [1.54, 1.807) is 18.6 Å². The van der Waals surface area contributed by atoms with Crippen LogP contribution in [0.4, 0.5) is 10.3 Å². The van der Waals surface area contributed by atoms with E-state index in [1.807, 2.05) is 61.7 Å². The zero-order chi connectivity index (χ0) is 25.7. The lowest BCUT2D eigenvalue weighted by Crippen LogP contribution is -2.38. The van der Waals surface area contributed by atoms with Crippen molar-refractivity contribution in [2.24, 2.45) is 0 Å².